The van der Waals surface area contributed by atoms with Gasteiger partial charge in [0.25, 0.3) is 0 Å². The van der Waals surface area contributed by atoms with E-state index < -0.39 is 0 Å². The number of benzene rings is 2. The van der Waals surface area contributed by atoms with Gasteiger partial charge in [0.2, 0.25) is 16.9 Å². The van der Waals surface area contributed by atoms with E-state index in [0.29, 0.717) is 16.7 Å². The van der Waals surface area contributed by atoms with Crippen molar-refractivity contribution in [2.45, 2.75) is 16.1 Å². The van der Waals surface area contributed by atoms with Crippen LogP contribution in [0.25, 0.3) is 11.6 Å². The lowest BCUT2D eigenvalue weighted by Gasteiger charge is -2.37. The number of thioether (sulfide) groups is 2. The number of nitrogens with zero attached hydrogens (tertiary/aromatic N) is 4. The summed E-state index contributed by atoms with van der Waals surface area (Å²) in [4.78, 5) is 16.5. The summed E-state index contributed by atoms with van der Waals surface area (Å²) in [5.41, 5.74) is 2.05. The highest BCUT2D eigenvalue weighted by Gasteiger charge is 2.32. The third-order valence-electron chi connectivity index (χ3n) is 5.02. The van der Waals surface area contributed by atoms with E-state index >= 15 is 0 Å². The van der Waals surface area contributed by atoms with Crippen LogP contribution in [-0.4, -0.2) is 32.3 Å². The fourth-order valence-electron chi connectivity index (χ4n) is 3.56. The normalized spacial score (nSPS) is 15.6. The Hall–Kier alpha value is -3.17. The van der Waals surface area contributed by atoms with Gasteiger partial charge in [-0.05, 0) is 29.8 Å². The van der Waals surface area contributed by atoms with Crippen LogP contribution in [0.15, 0.2) is 87.5 Å². The van der Waals surface area contributed by atoms with Gasteiger partial charge in [0.05, 0.1) is 23.7 Å². The van der Waals surface area contributed by atoms with E-state index in [2.05, 4.69) is 28.4 Å². The molecule has 0 aliphatic carbocycles. The number of anilines is 1. The largest absolute Gasteiger partial charge is 0.461 e. The molecule has 5 rings (SSSR count). The van der Waals surface area contributed by atoms with Crippen molar-refractivity contribution in [1.82, 2.24) is 14.9 Å². The SMILES string of the molecule is Nn1c(SCC(=O)N2c3ccccc3SCC2c2ccccc2)nnc1-c1ccco1. The van der Waals surface area contributed by atoms with Gasteiger partial charge in [0.1, 0.15) is 0 Å². The topological polar surface area (TPSA) is 90.2 Å². The first-order valence-electron chi connectivity index (χ1n) is 9.68. The Morgan fingerprint density at radius 3 is 2.71 bits per heavy atom. The lowest BCUT2D eigenvalue weighted by Crippen LogP contribution is -2.39. The third kappa shape index (κ3) is 3.82. The molecule has 0 saturated carbocycles. The van der Waals surface area contributed by atoms with E-state index in [9.17, 15) is 4.79 Å². The predicted octanol–water partition coefficient (Wildman–Crippen LogP) is 4.22. The first kappa shape index (κ1) is 19.8. The van der Waals surface area contributed by atoms with Crippen molar-refractivity contribution in [3.8, 4) is 11.6 Å². The third-order valence-corrected chi connectivity index (χ3v) is 7.08. The fraction of sp³-hybridized carbons (Fsp3) is 0.136. The Kier molecular flexibility index (Phi) is 5.44. The molecule has 1 amide bonds. The lowest BCUT2D eigenvalue weighted by molar-refractivity contribution is -0.116. The minimum absolute atomic E-state index is 0.00542. The predicted molar refractivity (Wildman–Crippen MR) is 122 cm³/mol. The standard InChI is InChI=1S/C22H19N5O2S2/c23-27-21(18-10-6-12-29-18)24-25-22(27)31-14-20(28)26-16-9-4-5-11-19(16)30-13-17(26)15-7-2-1-3-8-15/h1-12,17H,13-14,23H2. The van der Waals surface area contributed by atoms with Crippen LogP contribution in [0.1, 0.15) is 11.6 Å². The summed E-state index contributed by atoms with van der Waals surface area (Å²) in [5.74, 6) is 8.07. The van der Waals surface area contributed by atoms with E-state index in [0.717, 1.165) is 21.9 Å². The second-order valence-electron chi connectivity index (χ2n) is 6.91. The van der Waals surface area contributed by atoms with Crippen LogP contribution in [0.5, 0.6) is 0 Å². The molecule has 31 heavy (non-hydrogen) atoms. The lowest BCUT2D eigenvalue weighted by atomic mass is 10.1. The number of nitrogens with two attached hydrogens (primary N) is 1. The van der Waals surface area contributed by atoms with Gasteiger partial charge in [-0.25, -0.2) is 4.68 Å². The molecule has 2 N–H and O–H groups in total. The molecule has 7 nitrogen and oxygen atoms in total. The minimum Gasteiger partial charge on any atom is -0.461 e. The Bertz CT molecular complexity index is 1190. The number of amides is 1. The molecule has 0 saturated heterocycles. The number of aromatic nitrogens is 3. The van der Waals surface area contributed by atoms with Crippen molar-refractivity contribution < 1.29 is 9.21 Å². The van der Waals surface area contributed by atoms with Gasteiger partial charge >= 0.3 is 0 Å². The van der Waals surface area contributed by atoms with Crippen molar-refractivity contribution in [2.75, 3.05) is 22.2 Å². The number of fused-ring (bicyclic) bond motifs is 1. The molecular weight excluding hydrogens is 430 g/mol. The maximum atomic E-state index is 13.4. The molecule has 1 atom stereocenters. The minimum atomic E-state index is -0.0383. The number of hydrogen-bond donors (Lipinski definition) is 1. The quantitative estimate of drug-likeness (QED) is 0.360. The molecule has 1 unspecified atom stereocenters. The molecule has 1 aliphatic rings. The molecule has 1 aliphatic heterocycles. The molecule has 3 heterocycles. The van der Waals surface area contributed by atoms with Crippen LogP contribution >= 0.6 is 23.5 Å². The number of carbonyl (C=O) groups excluding carboxylic acids is 1. The maximum Gasteiger partial charge on any atom is 0.238 e. The van der Waals surface area contributed by atoms with Gasteiger partial charge in [-0.15, -0.1) is 22.0 Å². The van der Waals surface area contributed by atoms with Gasteiger partial charge in [-0.1, -0.05) is 54.2 Å². The number of carbonyl (C=O) groups is 1. The zero-order valence-corrected chi connectivity index (χ0v) is 18.1. The second kappa shape index (κ2) is 8.52. The zero-order valence-electron chi connectivity index (χ0n) is 16.4. The smallest absolute Gasteiger partial charge is 0.238 e. The average molecular weight is 450 g/mol. The Balaban J connectivity index is 1.40. The van der Waals surface area contributed by atoms with Gasteiger partial charge in [0.15, 0.2) is 5.76 Å². The van der Waals surface area contributed by atoms with Crippen molar-refractivity contribution >= 4 is 35.1 Å². The average Bonchev–Trinajstić information content (AvgIpc) is 3.47. The van der Waals surface area contributed by atoms with Crippen LogP contribution in [0.3, 0.4) is 0 Å². The summed E-state index contributed by atoms with van der Waals surface area (Å²) in [6, 6.07) is 21.6. The van der Waals surface area contributed by atoms with Crippen LogP contribution in [0.4, 0.5) is 5.69 Å². The van der Waals surface area contributed by atoms with E-state index in [1.54, 1.807) is 30.2 Å². The van der Waals surface area contributed by atoms with E-state index in [1.807, 2.05) is 41.3 Å². The number of nitrogen functional groups attached to an aromatic ring is 1. The zero-order chi connectivity index (χ0) is 21.2. The summed E-state index contributed by atoms with van der Waals surface area (Å²) in [6.07, 6.45) is 1.55. The molecule has 0 spiro atoms. The van der Waals surface area contributed by atoms with Gasteiger partial charge in [-0.2, -0.15) is 0 Å². The molecule has 2 aromatic carbocycles. The van der Waals surface area contributed by atoms with Gasteiger partial charge in [0, 0.05) is 10.6 Å². The summed E-state index contributed by atoms with van der Waals surface area (Å²) in [7, 11) is 0. The summed E-state index contributed by atoms with van der Waals surface area (Å²) in [5, 5.41) is 8.67. The number of furan rings is 1. The monoisotopic (exact) mass is 449 g/mol. The molecule has 9 heteroatoms. The van der Waals surface area contributed by atoms with E-state index in [4.69, 9.17) is 10.3 Å². The summed E-state index contributed by atoms with van der Waals surface area (Å²) in [6.45, 7) is 0. The van der Waals surface area contributed by atoms with Crippen LogP contribution in [0, 0.1) is 0 Å². The van der Waals surface area contributed by atoms with E-state index in [1.165, 1.54) is 16.4 Å². The highest BCUT2D eigenvalue weighted by molar-refractivity contribution is 8.00. The molecule has 0 fully saturated rings. The van der Waals surface area contributed by atoms with Crippen LogP contribution in [0.2, 0.25) is 0 Å². The highest BCUT2D eigenvalue weighted by Crippen LogP contribution is 2.43. The first-order valence-corrected chi connectivity index (χ1v) is 11.7. The first-order chi connectivity index (χ1) is 15.2. The molecule has 0 bridgehead atoms. The van der Waals surface area contributed by atoms with E-state index in [-0.39, 0.29) is 17.7 Å². The maximum absolute atomic E-state index is 13.4. The number of hydrogen-bond acceptors (Lipinski definition) is 7. The van der Waals surface area contributed by atoms with Gasteiger partial charge < -0.3 is 15.2 Å². The highest BCUT2D eigenvalue weighted by atomic mass is 32.2. The number of rotatable bonds is 5. The molecule has 156 valence electrons. The van der Waals surface area contributed by atoms with Crippen molar-refractivity contribution in [3.63, 3.8) is 0 Å². The van der Waals surface area contributed by atoms with Crippen LogP contribution in [-0.2, 0) is 4.79 Å². The molecule has 0 radical (unpaired) electrons. The van der Waals surface area contributed by atoms with Crippen molar-refractivity contribution in [1.29, 1.82) is 0 Å². The van der Waals surface area contributed by atoms with Crippen LogP contribution < -0.4 is 10.7 Å². The molecular formula is C22H19N5O2S2. The van der Waals surface area contributed by atoms with Crippen molar-refractivity contribution in [2.24, 2.45) is 0 Å². The summed E-state index contributed by atoms with van der Waals surface area (Å²) >= 11 is 3.04. The Morgan fingerprint density at radius 2 is 1.90 bits per heavy atom. The number of para-hydroxylation sites is 1. The second-order valence-corrected chi connectivity index (χ2v) is 8.92. The van der Waals surface area contributed by atoms with Crippen molar-refractivity contribution in [3.05, 3.63) is 78.6 Å². The van der Waals surface area contributed by atoms with Gasteiger partial charge in [-0.3, -0.25) is 4.79 Å². The molecule has 4 aromatic rings. The summed E-state index contributed by atoms with van der Waals surface area (Å²) < 4.78 is 6.70. The fourth-order valence-corrected chi connectivity index (χ4v) is 5.45. The Morgan fingerprint density at radius 1 is 1.10 bits per heavy atom. The Labute approximate surface area is 187 Å². The molecule has 2 aromatic heterocycles.